The number of nitrogens with zero attached hydrogens (tertiary/aromatic N) is 2. The summed E-state index contributed by atoms with van der Waals surface area (Å²) in [5.74, 6) is 0. The van der Waals surface area contributed by atoms with Gasteiger partial charge in [0.15, 0.2) is 0 Å². The molecule has 0 radical (unpaired) electrons. The zero-order valence-corrected chi connectivity index (χ0v) is 28.5. The Kier molecular flexibility index (Phi) is 7.18. The quantitative estimate of drug-likeness (QED) is 0.172. The Labute approximate surface area is 303 Å². The molecule has 0 aliphatic heterocycles. The second-order valence-corrected chi connectivity index (χ2v) is 13.4. The van der Waals surface area contributed by atoms with E-state index in [2.05, 4.69) is 216 Å². The van der Waals surface area contributed by atoms with Crippen LogP contribution in [0, 0.1) is 0 Å². The van der Waals surface area contributed by atoms with Gasteiger partial charge in [0.1, 0.15) is 0 Å². The average Bonchev–Trinajstić information content (AvgIpc) is 3.57. The highest BCUT2D eigenvalue weighted by atomic mass is 15.1. The fraction of sp³-hybridized carbons (Fsp3) is 0. The molecule has 0 unspecified atom stereocenters. The van der Waals surface area contributed by atoms with Crippen LogP contribution in [0.3, 0.4) is 0 Å². The fourth-order valence-corrected chi connectivity index (χ4v) is 7.99. The summed E-state index contributed by atoms with van der Waals surface area (Å²) in [7, 11) is 0. The second-order valence-electron chi connectivity index (χ2n) is 13.4. The van der Waals surface area contributed by atoms with Crippen LogP contribution in [-0.4, -0.2) is 4.57 Å². The number of fused-ring (bicyclic) bond motifs is 6. The first-order chi connectivity index (χ1) is 25.8. The monoisotopic (exact) mass is 662 g/mol. The normalized spacial score (nSPS) is 11.5. The van der Waals surface area contributed by atoms with Crippen LogP contribution in [0.5, 0.6) is 0 Å². The average molecular weight is 663 g/mol. The van der Waals surface area contributed by atoms with Crippen molar-refractivity contribution < 1.29 is 0 Å². The first-order valence-electron chi connectivity index (χ1n) is 17.9. The number of hydrogen-bond donors (Lipinski definition) is 0. The van der Waals surface area contributed by atoms with E-state index in [4.69, 9.17) is 0 Å². The standard InChI is InChI=1S/C50H34N2/c1-4-16-35(17-5-1)42-31-29-40(33-47(42)36-18-6-2-7-19-36)51(39-22-8-3-9-23-39)49-34-41(32-38-21-11-12-24-43(38)49)52-48-27-15-14-26-45(48)46-30-28-37-20-10-13-25-44(37)50(46)52/h1-34H. The van der Waals surface area contributed by atoms with Gasteiger partial charge in [-0.2, -0.15) is 0 Å². The third-order valence-electron chi connectivity index (χ3n) is 10.3. The number of benzene rings is 9. The third-order valence-corrected chi connectivity index (χ3v) is 10.3. The lowest BCUT2D eigenvalue weighted by atomic mass is 9.93. The van der Waals surface area contributed by atoms with Crippen molar-refractivity contribution in [3.05, 3.63) is 206 Å². The smallest absolute Gasteiger partial charge is 0.0619 e. The Morgan fingerprint density at radius 1 is 0.346 bits per heavy atom. The lowest BCUT2D eigenvalue weighted by molar-refractivity contribution is 1.18. The molecule has 0 bridgehead atoms. The molecule has 2 nitrogen and oxygen atoms in total. The predicted octanol–water partition coefficient (Wildman–Crippen LogP) is 13.9. The van der Waals surface area contributed by atoms with Gasteiger partial charge in [-0.1, -0.05) is 164 Å². The van der Waals surface area contributed by atoms with Crippen molar-refractivity contribution in [3.8, 4) is 27.9 Å². The predicted molar refractivity (Wildman–Crippen MR) is 221 cm³/mol. The third kappa shape index (κ3) is 4.96. The molecular formula is C50H34N2. The largest absolute Gasteiger partial charge is 0.310 e. The molecule has 0 N–H and O–H groups in total. The fourth-order valence-electron chi connectivity index (χ4n) is 7.99. The Morgan fingerprint density at radius 3 is 1.69 bits per heavy atom. The molecule has 10 aromatic rings. The minimum absolute atomic E-state index is 1.10. The van der Waals surface area contributed by atoms with Gasteiger partial charge in [0.05, 0.1) is 16.7 Å². The Bertz CT molecular complexity index is 2890. The van der Waals surface area contributed by atoms with Crippen LogP contribution in [0.15, 0.2) is 206 Å². The summed E-state index contributed by atoms with van der Waals surface area (Å²) in [6.07, 6.45) is 0. The number of anilines is 3. The molecule has 10 rings (SSSR count). The van der Waals surface area contributed by atoms with E-state index >= 15 is 0 Å². The van der Waals surface area contributed by atoms with Crippen LogP contribution >= 0.6 is 0 Å². The van der Waals surface area contributed by atoms with Crippen molar-refractivity contribution in [2.45, 2.75) is 0 Å². The summed E-state index contributed by atoms with van der Waals surface area (Å²) in [6, 6.07) is 74.7. The van der Waals surface area contributed by atoms with E-state index in [1.54, 1.807) is 0 Å². The molecule has 0 spiro atoms. The number of aromatic nitrogens is 1. The number of hydrogen-bond acceptors (Lipinski definition) is 1. The van der Waals surface area contributed by atoms with Crippen LogP contribution in [0.4, 0.5) is 17.1 Å². The van der Waals surface area contributed by atoms with Gasteiger partial charge >= 0.3 is 0 Å². The highest BCUT2D eigenvalue weighted by Gasteiger charge is 2.21. The lowest BCUT2D eigenvalue weighted by Crippen LogP contribution is -2.11. The van der Waals surface area contributed by atoms with E-state index in [9.17, 15) is 0 Å². The molecule has 1 aromatic heterocycles. The van der Waals surface area contributed by atoms with Crippen LogP contribution in [0.2, 0.25) is 0 Å². The highest BCUT2D eigenvalue weighted by molar-refractivity contribution is 6.19. The van der Waals surface area contributed by atoms with Crippen LogP contribution < -0.4 is 4.90 Å². The summed E-state index contributed by atoms with van der Waals surface area (Å²) in [4.78, 5) is 2.43. The molecule has 9 aromatic carbocycles. The molecule has 0 aliphatic rings. The zero-order valence-electron chi connectivity index (χ0n) is 28.5. The van der Waals surface area contributed by atoms with Gasteiger partial charge < -0.3 is 9.47 Å². The van der Waals surface area contributed by atoms with Crippen LogP contribution in [0.25, 0.3) is 71.3 Å². The van der Waals surface area contributed by atoms with E-state index in [1.165, 1.54) is 65.6 Å². The van der Waals surface area contributed by atoms with Gasteiger partial charge in [-0.15, -0.1) is 0 Å². The van der Waals surface area contributed by atoms with E-state index in [0.717, 1.165) is 22.7 Å². The maximum absolute atomic E-state index is 2.47. The summed E-state index contributed by atoms with van der Waals surface area (Å²) < 4.78 is 2.47. The molecule has 0 saturated heterocycles. The lowest BCUT2D eigenvalue weighted by Gasteiger charge is -2.29. The minimum atomic E-state index is 1.10. The maximum atomic E-state index is 2.47. The first-order valence-corrected chi connectivity index (χ1v) is 17.9. The SMILES string of the molecule is c1ccc(-c2ccc(N(c3ccccc3)c3cc(-n4c5ccccc5c5ccc6ccccc6c54)cc4ccccc34)cc2-c2ccccc2)cc1. The van der Waals surface area contributed by atoms with Gasteiger partial charge in [-0.3, -0.25) is 0 Å². The number of para-hydroxylation sites is 2. The van der Waals surface area contributed by atoms with Gasteiger partial charge in [-0.25, -0.2) is 0 Å². The Hall–Kier alpha value is -6.90. The molecule has 52 heavy (non-hydrogen) atoms. The van der Waals surface area contributed by atoms with Crippen molar-refractivity contribution in [2.24, 2.45) is 0 Å². The van der Waals surface area contributed by atoms with Crippen molar-refractivity contribution in [1.82, 2.24) is 4.57 Å². The van der Waals surface area contributed by atoms with Gasteiger partial charge in [-0.05, 0) is 75.5 Å². The summed E-state index contributed by atoms with van der Waals surface area (Å²) in [6.45, 7) is 0. The maximum Gasteiger partial charge on any atom is 0.0619 e. The molecule has 0 fully saturated rings. The van der Waals surface area contributed by atoms with Crippen molar-refractivity contribution in [2.75, 3.05) is 4.90 Å². The topological polar surface area (TPSA) is 8.17 Å². The van der Waals surface area contributed by atoms with E-state index < -0.39 is 0 Å². The second kappa shape index (κ2) is 12.5. The van der Waals surface area contributed by atoms with Gasteiger partial charge in [0.2, 0.25) is 0 Å². The molecule has 0 atom stereocenters. The van der Waals surface area contributed by atoms with Gasteiger partial charge in [0.25, 0.3) is 0 Å². The van der Waals surface area contributed by atoms with Crippen molar-refractivity contribution in [1.29, 1.82) is 0 Å². The van der Waals surface area contributed by atoms with E-state index in [0.29, 0.717) is 0 Å². The summed E-state index contributed by atoms with van der Waals surface area (Å²) in [5, 5.41) is 7.36. The molecule has 1 heterocycles. The van der Waals surface area contributed by atoms with E-state index in [1.807, 2.05) is 0 Å². The van der Waals surface area contributed by atoms with Crippen molar-refractivity contribution in [3.63, 3.8) is 0 Å². The highest BCUT2D eigenvalue weighted by Crippen LogP contribution is 2.45. The molecule has 0 saturated carbocycles. The van der Waals surface area contributed by atoms with Crippen molar-refractivity contribution >= 4 is 60.4 Å². The summed E-state index contributed by atoms with van der Waals surface area (Å²) >= 11 is 0. The minimum Gasteiger partial charge on any atom is -0.310 e. The summed E-state index contributed by atoms with van der Waals surface area (Å²) in [5.41, 5.74) is 11.7. The zero-order chi connectivity index (χ0) is 34.4. The molecular weight excluding hydrogens is 629 g/mol. The molecule has 2 heteroatoms. The number of rotatable bonds is 6. The van der Waals surface area contributed by atoms with E-state index in [-0.39, 0.29) is 0 Å². The van der Waals surface area contributed by atoms with Gasteiger partial charge in [0, 0.05) is 38.6 Å². The van der Waals surface area contributed by atoms with Crippen LogP contribution in [-0.2, 0) is 0 Å². The first kappa shape index (κ1) is 30.0. The van der Waals surface area contributed by atoms with Crippen LogP contribution in [0.1, 0.15) is 0 Å². The Balaban J connectivity index is 1.28. The Morgan fingerprint density at radius 2 is 0.942 bits per heavy atom. The molecule has 0 amide bonds. The molecule has 244 valence electrons. The molecule has 0 aliphatic carbocycles.